The second kappa shape index (κ2) is 9.70. The summed E-state index contributed by atoms with van der Waals surface area (Å²) in [5, 5.41) is 3.66. The number of amides is 1. The van der Waals surface area contributed by atoms with Gasteiger partial charge in [-0.3, -0.25) is 4.79 Å². The summed E-state index contributed by atoms with van der Waals surface area (Å²) in [6.45, 7) is 1.90. The molecule has 9 heteroatoms. The maximum Gasteiger partial charge on any atom is 0.234 e. The van der Waals surface area contributed by atoms with E-state index in [-0.39, 0.29) is 11.7 Å². The minimum Gasteiger partial charge on any atom is -0.497 e. The third kappa shape index (κ3) is 5.20. The van der Waals surface area contributed by atoms with E-state index in [9.17, 15) is 4.79 Å². The third-order valence-corrected chi connectivity index (χ3v) is 5.89. The molecular formula is C18H22N4O3S2. The molecule has 1 aliphatic rings. The molecule has 3 rings (SSSR count). The van der Waals surface area contributed by atoms with Crippen LogP contribution in [0.4, 0.5) is 11.5 Å². The van der Waals surface area contributed by atoms with Gasteiger partial charge >= 0.3 is 0 Å². The van der Waals surface area contributed by atoms with Crippen LogP contribution in [0.2, 0.25) is 0 Å². The maximum atomic E-state index is 12.4. The molecule has 0 spiro atoms. The van der Waals surface area contributed by atoms with E-state index in [0.717, 1.165) is 35.4 Å². The number of aromatic nitrogens is 2. The number of nitrogens with zero attached hydrogens (tertiary/aromatic N) is 3. The molecule has 27 heavy (non-hydrogen) atoms. The molecule has 0 aliphatic carbocycles. The molecule has 2 heterocycles. The predicted molar refractivity (Wildman–Crippen MR) is 110 cm³/mol. The van der Waals surface area contributed by atoms with E-state index in [4.69, 9.17) is 9.47 Å². The molecule has 0 bridgehead atoms. The SMILES string of the molecule is COc1ccc(NC(=O)CSc2nccnc2N2CCSCC2)c(OC)c1. The van der Waals surface area contributed by atoms with E-state index >= 15 is 0 Å². The normalized spacial score (nSPS) is 13.9. The van der Waals surface area contributed by atoms with Crippen LogP contribution in [-0.2, 0) is 4.79 Å². The molecule has 2 aromatic rings. The van der Waals surface area contributed by atoms with Gasteiger partial charge in [-0.05, 0) is 12.1 Å². The highest BCUT2D eigenvalue weighted by molar-refractivity contribution is 8.00. The van der Waals surface area contributed by atoms with Gasteiger partial charge in [0.25, 0.3) is 0 Å². The first-order valence-corrected chi connectivity index (χ1v) is 10.6. The van der Waals surface area contributed by atoms with E-state index in [0.29, 0.717) is 17.2 Å². The second-order valence-electron chi connectivity index (χ2n) is 5.69. The van der Waals surface area contributed by atoms with Crippen molar-refractivity contribution in [2.24, 2.45) is 0 Å². The molecule has 1 aromatic carbocycles. The van der Waals surface area contributed by atoms with E-state index in [1.165, 1.54) is 11.8 Å². The van der Waals surface area contributed by atoms with Crippen LogP contribution in [0.3, 0.4) is 0 Å². The number of hydrogen-bond acceptors (Lipinski definition) is 8. The Labute approximate surface area is 167 Å². The van der Waals surface area contributed by atoms with Crippen molar-refractivity contribution in [2.45, 2.75) is 5.03 Å². The highest BCUT2D eigenvalue weighted by atomic mass is 32.2. The Hall–Kier alpha value is -2.13. The van der Waals surface area contributed by atoms with Gasteiger partial charge in [-0.25, -0.2) is 9.97 Å². The zero-order valence-corrected chi connectivity index (χ0v) is 16.9. The van der Waals surface area contributed by atoms with Gasteiger partial charge in [0, 0.05) is 43.1 Å². The summed E-state index contributed by atoms with van der Waals surface area (Å²) in [6, 6.07) is 5.28. The van der Waals surface area contributed by atoms with Crippen LogP contribution in [0.15, 0.2) is 35.6 Å². The lowest BCUT2D eigenvalue weighted by Crippen LogP contribution is -2.33. The van der Waals surface area contributed by atoms with Crippen molar-refractivity contribution in [3.8, 4) is 11.5 Å². The monoisotopic (exact) mass is 406 g/mol. The largest absolute Gasteiger partial charge is 0.497 e. The van der Waals surface area contributed by atoms with Crippen molar-refractivity contribution < 1.29 is 14.3 Å². The molecular weight excluding hydrogens is 384 g/mol. The lowest BCUT2D eigenvalue weighted by atomic mass is 10.2. The van der Waals surface area contributed by atoms with Crippen LogP contribution >= 0.6 is 23.5 Å². The van der Waals surface area contributed by atoms with Gasteiger partial charge in [-0.1, -0.05) is 11.8 Å². The minimum absolute atomic E-state index is 0.130. The van der Waals surface area contributed by atoms with Gasteiger partial charge in [0.2, 0.25) is 5.91 Å². The Kier molecular flexibility index (Phi) is 7.05. The van der Waals surface area contributed by atoms with Crippen molar-refractivity contribution in [3.63, 3.8) is 0 Å². The number of carbonyl (C=O) groups excluding carboxylic acids is 1. The van der Waals surface area contributed by atoms with Crippen LogP contribution in [0.25, 0.3) is 0 Å². The average Bonchev–Trinajstić information content (AvgIpc) is 2.73. The Bertz CT molecular complexity index is 785. The van der Waals surface area contributed by atoms with Crippen molar-refractivity contribution in [2.75, 3.05) is 54.8 Å². The lowest BCUT2D eigenvalue weighted by molar-refractivity contribution is -0.113. The molecule has 7 nitrogen and oxygen atoms in total. The number of rotatable bonds is 7. The van der Waals surface area contributed by atoms with Crippen LogP contribution in [0.1, 0.15) is 0 Å². The maximum absolute atomic E-state index is 12.4. The number of anilines is 2. The summed E-state index contributed by atoms with van der Waals surface area (Å²) in [4.78, 5) is 23.5. The first kappa shape index (κ1) is 19.6. The molecule has 144 valence electrons. The Balaban J connectivity index is 1.63. The molecule has 0 unspecified atom stereocenters. The molecule has 1 amide bonds. The summed E-state index contributed by atoms with van der Waals surface area (Å²) in [6.07, 6.45) is 3.36. The highest BCUT2D eigenvalue weighted by Crippen LogP contribution is 2.30. The summed E-state index contributed by atoms with van der Waals surface area (Å²) in [5.74, 6) is 4.36. The van der Waals surface area contributed by atoms with E-state index in [1.807, 2.05) is 11.8 Å². The first-order chi connectivity index (χ1) is 13.2. The van der Waals surface area contributed by atoms with Crippen LogP contribution in [0.5, 0.6) is 11.5 Å². The van der Waals surface area contributed by atoms with E-state index in [1.54, 1.807) is 44.8 Å². The van der Waals surface area contributed by atoms with Crippen molar-refractivity contribution in [1.82, 2.24) is 9.97 Å². The van der Waals surface area contributed by atoms with Gasteiger partial charge < -0.3 is 19.7 Å². The van der Waals surface area contributed by atoms with E-state index < -0.39 is 0 Å². The smallest absolute Gasteiger partial charge is 0.234 e. The van der Waals surface area contributed by atoms with Crippen molar-refractivity contribution in [3.05, 3.63) is 30.6 Å². The van der Waals surface area contributed by atoms with Crippen LogP contribution in [-0.4, -0.2) is 60.4 Å². The molecule has 1 aromatic heterocycles. The minimum atomic E-state index is -0.130. The fourth-order valence-corrected chi connectivity index (χ4v) is 4.32. The quantitative estimate of drug-likeness (QED) is 0.704. The first-order valence-electron chi connectivity index (χ1n) is 8.49. The number of methoxy groups -OCH3 is 2. The van der Waals surface area contributed by atoms with Crippen molar-refractivity contribution in [1.29, 1.82) is 0 Å². The molecule has 1 aliphatic heterocycles. The number of nitrogens with one attached hydrogen (secondary N) is 1. The van der Waals surface area contributed by atoms with E-state index in [2.05, 4.69) is 20.2 Å². The van der Waals surface area contributed by atoms with Gasteiger partial charge in [0.15, 0.2) is 5.82 Å². The number of hydrogen-bond donors (Lipinski definition) is 1. The molecule has 1 N–H and O–H groups in total. The number of carbonyl (C=O) groups is 1. The van der Waals surface area contributed by atoms with Crippen molar-refractivity contribution >= 4 is 40.9 Å². The molecule has 0 radical (unpaired) electrons. The zero-order chi connectivity index (χ0) is 19.1. The van der Waals surface area contributed by atoms with Gasteiger partial charge in [-0.15, -0.1) is 0 Å². The fraction of sp³-hybridized carbons (Fsp3) is 0.389. The van der Waals surface area contributed by atoms with Gasteiger partial charge in [0.05, 0.1) is 25.7 Å². The van der Waals surface area contributed by atoms with Gasteiger partial charge in [0.1, 0.15) is 16.5 Å². The molecule has 1 fully saturated rings. The Morgan fingerprint density at radius 1 is 1.22 bits per heavy atom. The summed E-state index contributed by atoms with van der Waals surface area (Å²) in [7, 11) is 3.14. The average molecular weight is 407 g/mol. The standard InChI is InChI=1S/C18H22N4O3S2/c1-24-13-3-4-14(15(11-13)25-2)21-16(23)12-27-18-17(19-5-6-20-18)22-7-9-26-10-8-22/h3-6,11H,7-10,12H2,1-2H3,(H,21,23). The fourth-order valence-electron chi connectivity index (χ4n) is 2.63. The number of thioether (sulfide) groups is 2. The highest BCUT2D eigenvalue weighted by Gasteiger charge is 2.18. The number of benzene rings is 1. The third-order valence-electron chi connectivity index (χ3n) is 3.98. The second-order valence-corrected chi connectivity index (χ2v) is 7.88. The topological polar surface area (TPSA) is 76.6 Å². The predicted octanol–water partition coefficient (Wildman–Crippen LogP) is 2.78. The number of ether oxygens (including phenoxy) is 2. The summed E-state index contributed by atoms with van der Waals surface area (Å²) >= 11 is 3.33. The summed E-state index contributed by atoms with van der Waals surface area (Å²) < 4.78 is 10.5. The Morgan fingerprint density at radius 2 is 2.00 bits per heavy atom. The lowest BCUT2D eigenvalue weighted by Gasteiger charge is -2.28. The summed E-state index contributed by atoms with van der Waals surface area (Å²) in [5.41, 5.74) is 0.608. The van der Waals surface area contributed by atoms with Gasteiger partial charge in [-0.2, -0.15) is 11.8 Å². The molecule has 0 saturated carbocycles. The van der Waals surface area contributed by atoms with Crippen LogP contribution < -0.4 is 19.7 Å². The molecule has 1 saturated heterocycles. The van der Waals surface area contributed by atoms with Crippen LogP contribution in [0, 0.1) is 0 Å². The zero-order valence-electron chi connectivity index (χ0n) is 15.3. The molecule has 0 atom stereocenters. The Morgan fingerprint density at radius 3 is 2.74 bits per heavy atom.